The van der Waals surface area contributed by atoms with E-state index in [1.807, 2.05) is 65.2 Å². The number of likely N-dealkylation sites (tertiary alicyclic amines) is 1. The van der Waals surface area contributed by atoms with Crippen molar-refractivity contribution in [3.63, 3.8) is 0 Å². The average molecular weight is 616 g/mol. The van der Waals surface area contributed by atoms with Gasteiger partial charge in [-0.25, -0.2) is 19.7 Å². The van der Waals surface area contributed by atoms with E-state index in [4.69, 9.17) is 20.7 Å². The Labute approximate surface area is 265 Å². The maximum Gasteiger partial charge on any atom is 0.320 e. The first kappa shape index (κ1) is 29.1. The number of hydrogen-bond donors (Lipinski definition) is 2. The predicted molar refractivity (Wildman–Crippen MR) is 174 cm³/mol. The fourth-order valence-electron chi connectivity index (χ4n) is 6.17. The van der Waals surface area contributed by atoms with Crippen molar-refractivity contribution < 1.29 is 14.7 Å². The Balaban J connectivity index is 1.18. The number of amides is 3. The topological polar surface area (TPSA) is 147 Å². The Hall–Kier alpha value is -5.62. The summed E-state index contributed by atoms with van der Waals surface area (Å²) in [5.74, 6) is 0.772. The fraction of sp³-hybridized carbons (Fsp3) is 0.235. The van der Waals surface area contributed by atoms with E-state index in [0.717, 1.165) is 11.3 Å². The third-order valence-corrected chi connectivity index (χ3v) is 8.69. The Bertz CT molecular complexity index is 1940. The summed E-state index contributed by atoms with van der Waals surface area (Å²) in [6.45, 7) is 5.83. The largest absolute Gasteiger partial charge is 0.383 e. The maximum absolute atomic E-state index is 13.3. The van der Waals surface area contributed by atoms with Gasteiger partial charge in [-0.1, -0.05) is 36.9 Å². The molecule has 232 valence electrons. The monoisotopic (exact) mass is 615 g/mol. The number of urea groups is 1. The molecule has 2 aliphatic rings. The van der Waals surface area contributed by atoms with Crippen LogP contribution < -0.4 is 5.73 Å². The highest BCUT2D eigenvalue weighted by Crippen LogP contribution is 2.34. The summed E-state index contributed by atoms with van der Waals surface area (Å²) >= 11 is 0. The molecule has 0 radical (unpaired) electrons. The molecule has 6 heterocycles. The van der Waals surface area contributed by atoms with Crippen LogP contribution in [0.5, 0.6) is 0 Å². The molecule has 3 amide bonds. The van der Waals surface area contributed by atoms with Crippen LogP contribution >= 0.6 is 0 Å². The van der Waals surface area contributed by atoms with Gasteiger partial charge in [0.15, 0.2) is 11.5 Å². The van der Waals surface area contributed by atoms with Gasteiger partial charge >= 0.3 is 6.03 Å². The van der Waals surface area contributed by atoms with Gasteiger partial charge < -0.3 is 25.5 Å². The van der Waals surface area contributed by atoms with Crippen LogP contribution in [0.15, 0.2) is 91.8 Å². The number of benzene rings is 1. The Morgan fingerprint density at radius 3 is 2.37 bits per heavy atom. The molecule has 2 fully saturated rings. The van der Waals surface area contributed by atoms with Gasteiger partial charge in [-0.05, 0) is 42.5 Å². The lowest BCUT2D eigenvalue weighted by Crippen LogP contribution is -2.53. The zero-order valence-corrected chi connectivity index (χ0v) is 25.2. The van der Waals surface area contributed by atoms with Gasteiger partial charge in [0.25, 0.3) is 0 Å². The van der Waals surface area contributed by atoms with E-state index in [-0.39, 0.29) is 18.5 Å². The molecule has 0 unspecified atom stereocenters. The minimum absolute atomic E-state index is 0.122. The van der Waals surface area contributed by atoms with E-state index < -0.39 is 5.60 Å². The first-order valence-electron chi connectivity index (χ1n) is 15.1. The number of pyridine rings is 3. The van der Waals surface area contributed by atoms with Crippen molar-refractivity contribution in [2.24, 2.45) is 0 Å². The van der Waals surface area contributed by atoms with Gasteiger partial charge in [-0.3, -0.25) is 14.3 Å². The van der Waals surface area contributed by atoms with E-state index >= 15 is 0 Å². The molecule has 12 heteroatoms. The number of aromatic nitrogens is 5. The minimum Gasteiger partial charge on any atom is -0.383 e. The van der Waals surface area contributed by atoms with Crippen molar-refractivity contribution in [1.29, 1.82) is 0 Å². The van der Waals surface area contributed by atoms with Crippen LogP contribution in [0.2, 0.25) is 0 Å². The molecule has 0 saturated carbocycles. The molecule has 5 aromatic rings. The summed E-state index contributed by atoms with van der Waals surface area (Å²) < 4.78 is 1.90. The summed E-state index contributed by atoms with van der Waals surface area (Å²) in [5.41, 5.74) is 9.88. The molecule has 0 bridgehead atoms. The number of imidazole rings is 1. The molecule has 4 aromatic heterocycles. The number of carbonyl (C=O) groups is 2. The molecule has 12 nitrogen and oxygen atoms in total. The lowest BCUT2D eigenvalue weighted by Gasteiger charge is -2.36. The van der Waals surface area contributed by atoms with Crippen LogP contribution in [0.25, 0.3) is 39.5 Å². The molecular weight excluding hydrogens is 582 g/mol. The Morgan fingerprint density at radius 2 is 1.65 bits per heavy atom. The summed E-state index contributed by atoms with van der Waals surface area (Å²) in [4.78, 5) is 49.1. The fourth-order valence-corrected chi connectivity index (χ4v) is 6.17. The van der Waals surface area contributed by atoms with E-state index in [2.05, 4.69) is 11.6 Å². The average Bonchev–Trinajstić information content (AvgIpc) is 3.69. The summed E-state index contributed by atoms with van der Waals surface area (Å²) in [6.07, 6.45) is 4.96. The van der Waals surface area contributed by atoms with Gasteiger partial charge in [-0.2, -0.15) is 0 Å². The molecule has 46 heavy (non-hydrogen) atoms. The highest BCUT2D eigenvalue weighted by molar-refractivity contribution is 5.87. The second-order valence-corrected chi connectivity index (χ2v) is 11.5. The quantitative estimate of drug-likeness (QED) is 0.286. The number of nitrogens with zero attached hydrogens (tertiary/aromatic N) is 8. The van der Waals surface area contributed by atoms with Crippen molar-refractivity contribution in [3.05, 3.63) is 97.5 Å². The van der Waals surface area contributed by atoms with Crippen molar-refractivity contribution in [3.8, 4) is 28.3 Å². The number of aliphatic hydroxyl groups is 1. The zero-order valence-electron chi connectivity index (χ0n) is 25.2. The van der Waals surface area contributed by atoms with Gasteiger partial charge in [0.2, 0.25) is 5.91 Å². The Kier molecular flexibility index (Phi) is 7.41. The third-order valence-electron chi connectivity index (χ3n) is 8.69. The van der Waals surface area contributed by atoms with Crippen LogP contribution in [0.4, 0.5) is 10.6 Å². The molecule has 7 rings (SSSR count). The number of β-amino-alcohol motifs (C(OH)–C–C–N with tert-alkyl or cyclic N) is 1. The number of nitrogen functional groups attached to an aromatic ring is 1. The number of fused-ring (bicyclic) bond motifs is 1. The molecule has 3 N–H and O–H groups in total. The minimum atomic E-state index is -1.30. The first-order valence-corrected chi connectivity index (χ1v) is 15.1. The van der Waals surface area contributed by atoms with Crippen LogP contribution in [-0.2, 0) is 10.4 Å². The summed E-state index contributed by atoms with van der Waals surface area (Å²) in [6, 6.07) is 21.0. The molecule has 2 aliphatic heterocycles. The predicted octanol–water partition coefficient (Wildman–Crippen LogP) is 3.47. The SMILES string of the molecule is C=CC(=O)N1CCN(C(=O)N2CC[C@@](O)(c3ccc(-n4c(-c5cccnc5N)nc5ccc(-c6ccccc6)nc54)cn3)C2)CC1. The maximum atomic E-state index is 13.3. The van der Waals surface area contributed by atoms with E-state index in [9.17, 15) is 14.7 Å². The lowest BCUT2D eigenvalue weighted by atomic mass is 9.98. The van der Waals surface area contributed by atoms with Crippen molar-refractivity contribution in [2.75, 3.05) is 45.0 Å². The Morgan fingerprint density at radius 1 is 0.870 bits per heavy atom. The molecule has 1 aromatic carbocycles. The standard InChI is InChI=1S/C34H33N9O3/c1-2-29(44)40-17-19-41(20-18-40)33(45)42-16-14-34(46,22-42)28-13-10-24(21-37-28)43-31(25-9-6-15-36-30(25)35)39-27-12-11-26(38-32(27)43)23-7-4-3-5-8-23/h2-13,15,21,46H,1,14,16-20,22H2,(H2,35,36)/t34-/m0/s1. The normalized spacial score (nSPS) is 18.2. The van der Waals surface area contributed by atoms with Crippen molar-refractivity contribution in [1.82, 2.24) is 39.2 Å². The van der Waals surface area contributed by atoms with Gasteiger partial charge in [-0.15, -0.1) is 0 Å². The van der Waals surface area contributed by atoms with Gasteiger partial charge in [0, 0.05) is 50.9 Å². The molecule has 0 spiro atoms. The lowest BCUT2D eigenvalue weighted by molar-refractivity contribution is -0.127. The summed E-state index contributed by atoms with van der Waals surface area (Å²) in [5, 5.41) is 11.7. The number of carbonyl (C=O) groups excluding carboxylic acids is 2. The second kappa shape index (κ2) is 11.7. The van der Waals surface area contributed by atoms with Crippen LogP contribution in [-0.4, -0.2) is 95.5 Å². The highest BCUT2D eigenvalue weighted by atomic mass is 16.3. The number of anilines is 1. The number of piperazine rings is 1. The highest BCUT2D eigenvalue weighted by Gasteiger charge is 2.42. The smallest absolute Gasteiger partial charge is 0.320 e. The summed E-state index contributed by atoms with van der Waals surface area (Å²) in [7, 11) is 0. The number of rotatable bonds is 5. The third kappa shape index (κ3) is 5.22. The molecular formula is C34H33N9O3. The molecule has 1 atom stereocenters. The van der Waals surface area contributed by atoms with E-state index in [1.54, 1.807) is 33.2 Å². The number of hydrogen-bond acceptors (Lipinski definition) is 8. The molecule has 0 aliphatic carbocycles. The van der Waals surface area contributed by atoms with Crippen LogP contribution in [0.1, 0.15) is 12.1 Å². The van der Waals surface area contributed by atoms with Crippen LogP contribution in [0, 0.1) is 0 Å². The first-order chi connectivity index (χ1) is 22.3. The van der Waals surface area contributed by atoms with Gasteiger partial charge in [0.05, 0.1) is 35.4 Å². The van der Waals surface area contributed by atoms with Crippen LogP contribution in [0.3, 0.4) is 0 Å². The van der Waals surface area contributed by atoms with Gasteiger partial charge in [0.1, 0.15) is 16.9 Å². The molecule has 2 saturated heterocycles. The van der Waals surface area contributed by atoms with Crippen molar-refractivity contribution >= 4 is 28.9 Å². The zero-order chi connectivity index (χ0) is 31.8. The second-order valence-electron chi connectivity index (χ2n) is 11.5. The van der Waals surface area contributed by atoms with Crippen molar-refractivity contribution in [2.45, 2.75) is 12.0 Å². The van der Waals surface area contributed by atoms with E-state index in [0.29, 0.717) is 78.9 Å². The number of nitrogens with two attached hydrogens (primary N) is 1. The van der Waals surface area contributed by atoms with E-state index in [1.165, 1.54) is 6.08 Å².